The molecule has 2 atom stereocenters. The number of nitrogens with zero attached hydrogens (tertiary/aromatic N) is 1. The normalized spacial score (nSPS) is 23.8. The minimum Gasteiger partial charge on any atom is -0.479 e. The monoisotopic (exact) mass is 280 g/mol. The lowest BCUT2D eigenvalue weighted by atomic mass is 10.1. The Balaban J connectivity index is 2.46. The van der Waals surface area contributed by atoms with Gasteiger partial charge >= 0.3 is 5.97 Å². The van der Waals surface area contributed by atoms with Crippen molar-refractivity contribution in [2.45, 2.75) is 44.8 Å². The Morgan fingerprint density at radius 2 is 2.17 bits per heavy atom. The molecule has 0 bridgehead atoms. The van der Waals surface area contributed by atoms with Crippen LogP contribution in [0.3, 0.4) is 0 Å². The summed E-state index contributed by atoms with van der Waals surface area (Å²) < 4.78 is 27.6. The van der Waals surface area contributed by atoms with Gasteiger partial charge in [0.1, 0.15) is 0 Å². The Kier molecular flexibility index (Phi) is 5.51. The highest BCUT2D eigenvalue weighted by Gasteiger charge is 2.29. The zero-order valence-corrected chi connectivity index (χ0v) is 11.2. The molecule has 8 heteroatoms. The highest BCUT2D eigenvalue weighted by atomic mass is 32.2. The highest BCUT2D eigenvalue weighted by molar-refractivity contribution is 7.87. The van der Waals surface area contributed by atoms with Gasteiger partial charge in [-0.2, -0.15) is 12.7 Å². The second kappa shape index (κ2) is 6.46. The van der Waals surface area contributed by atoms with Crippen molar-refractivity contribution in [3.05, 3.63) is 0 Å². The number of carboxylic acid groups (broad SMARTS) is 1. The molecule has 0 radical (unpaired) electrons. The lowest BCUT2D eigenvalue weighted by Crippen LogP contribution is -2.48. The fraction of sp³-hybridized carbons (Fsp3) is 0.900. The standard InChI is InChI=1S/C10H20N2O5S/c1-8-4-2-3-7-12(8)18(16,17)11-6-5-9(13)10(14)15/h8-9,11,13H,2-7H2,1H3,(H,14,15). The zero-order chi connectivity index (χ0) is 13.8. The van der Waals surface area contributed by atoms with Crippen molar-refractivity contribution in [2.24, 2.45) is 0 Å². The molecule has 3 N–H and O–H groups in total. The number of aliphatic hydroxyl groups is 1. The van der Waals surface area contributed by atoms with Crippen molar-refractivity contribution < 1.29 is 23.4 Å². The van der Waals surface area contributed by atoms with E-state index < -0.39 is 22.3 Å². The van der Waals surface area contributed by atoms with E-state index in [-0.39, 0.29) is 19.0 Å². The molecule has 0 aromatic carbocycles. The lowest BCUT2D eigenvalue weighted by Gasteiger charge is -2.32. The van der Waals surface area contributed by atoms with E-state index in [1.165, 1.54) is 4.31 Å². The summed E-state index contributed by atoms with van der Waals surface area (Å²) in [6.07, 6.45) is 1.01. The number of nitrogens with one attached hydrogen (secondary N) is 1. The van der Waals surface area contributed by atoms with Gasteiger partial charge in [-0.3, -0.25) is 0 Å². The van der Waals surface area contributed by atoms with Crippen LogP contribution in [0.1, 0.15) is 32.6 Å². The maximum atomic E-state index is 11.9. The summed E-state index contributed by atoms with van der Waals surface area (Å²) in [7, 11) is -3.57. The number of hydrogen-bond donors (Lipinski definition) is 3. The molecule has 0 aliphatic carbocycles. The van der Waals surface area contributed by atoms with Crippen LogP contribution in [0.25, 0.3) is 0 Å². The number of piperidine rings is 1. The number of rotatable bonds is 6. The Bertz CT molecular complexity index is 384. The molecule has 2 unspecified atom stereocenters. The SMILES string of the molecule is CC1CCCCN1S(=O)(=O)NCCC(O)C(=O)O. The van der Waals surface area contributed by atoms with Crippen molar-refractivity contribution in [1.82, 2.24) is 9.03 Å². The van der Waals surface area contributed by atoms with Crippen LogP contribution >= 0.6 is 0 Å². The first-order valence-corrected chi connectivity index (χ1v) is 7.46. The van der Waals surface area contributed by atoms with Crippen LogP contribution in [0.5, 0.6) is 0 Å². The molecule has 106 valence electrons. The largest absolute Gasteiger partial charge is 0.479 e. The van der Waals surface area contributed by atoms with E-state index in [4.69, 9.17) is 10.2 Å². The maximum absolute atomic E-state index is 11.9. The average molecular weight is 280 g/mol. The van der Waals surface area contributed by atoms with Gasteiger partial charge in [-0.05, 0) is 26.2 Å². The summed E-state index contributed by atoms with van der Waals surface area (Å²) >= 11 is 0. The van der Waals surface area contributed by atoms with E-state index >= 15 is 0 Å². The van der Waals surface area contributed by atoms with E-state index in [1.54, 1.807) is 0 Å². The molecular weight excluding hydrogens is 260 g/mol. The van der Waals surface area contributed by atoms with Crippen LogP contribution in [0.4, 0.5) is 0 Å². The van der Waals surface area contributed by atoms with Crippen LogP contribution in [0.2, 0.25) is 0 Å². The van der Waals surface area contributed by atoms with Gasteiger partial charge in [0.25, 0.3) is 10.2 Å². The molecule has 1 fully saturated rings. The van der Waals surface area contributed by atoms with Crippen molar-refractivity contribution in [1.29, 1.82) is 0 Å². The van der Waals surface area contributed by atoms with E-state index in [9.17, 15) is 13.2 Å². The molecule has 1 aliphatic heterocycles. The highest BCUT2D eigenvalue weighted by Crippen LogP contribution is 2.18. The van der Waals surface area contributed by atoms with Gasteiger partial charge in [0.15, 0.2) is 6.10 Å². The van der Waals surface area contributed by atoms with Gasteiger partial charge in [0.05, 0.1) is 0 Å². The van der Waals surface area contributed by atoms with Crippen LogP contribution in [-0.2, 0) is 15.0 Å². The third-order valence-electron chi connectivity index (χ3n) is 3.04. The van der Waals surface area contributed by atoms with Crippen LogP contribution in [0, 0.1) is 0 Å². The molecule has 1 rings (SSSR count). The molecule has 0 aromatic rings. The van der Waals surface area contributed by atoms with Gasteiger partial charge in [-0.1, -0.05) is 6.42 Å². The van der Waals surface area contributed by atoms with Crippen molar-refractivity contribution >= 4 is 16.2 Å². The molecule has 1 aliphatic rings. The summed E-state index contributed by atoms with van der Waals surface area (Å²) in [5.41, 5.74) is 0. The molecule has 0 spiro atoms. The summed E-state index contributed by atoms with van der Waals surface area (Å²) in [6, 6.07) is -0.0411. The first-order valence-electron chi connectivity index (χ1n) is 6.02. The molecule has 1 saturated heterocycles. The molecule has 7 nitrogen and oxygen atoms in total. The number of aliphatic carboxylic acids is 1. The average Bonchev–Trinajstić information content (AvgIpc) is 2.28. The van der Waals surface area contributed by atoms with E-state index in [1.807, 2.05) is 6.92 Å². The first-order chi connectivity index (χ1) is 8.34. The Labute approximate surface area is 107 Å². The summed E-state index contributed by atoms with van der Waals surface area (Å²) in [4.78, 5) is 10.4. The molecular formula is C10H20N2O5S. The molecule has 0 amide bonds. The number of carbonyl (C=O) groups is 1. The van der Waals surface area contributed by atoms with Crippen LogP contribution in [0.15, 0.2) is 0 Å². The van der Waals surface area contributed by atoms with Gasteiger partial charge in [0, 0.05) is 19.1 Å². The fourth-order valence-corrected chi connectivity index (χ4v) is 3.45. The smallest absolute Gasteiger partial charge is 0.332 e. The van der Waals surface area contributed by atoms with Crippen LogP contribution in [-0.4, -0.2) is 54.1 Å². The summed E-state index contributed by atoms with van der Waals surface area (Å²) in [5.74, 6) is -1.35. The Hall–Kier alpha value is -0.700. The minimum atomic E-state index is -3.57. The molecule has 1 heterocycles. The third kappa shape index (κ3) is 4.20. The van der Waals surface area contributed by atoms with E-state index in [2.05, 4.69) is 4.72 Å². The second-order valence-corrected chi connectivity index (χ2v) is 6.21. The third-order valence-corrected chi connectivity index (χ3v) is 4.77. The first kappa shape index (κ1) is 15.4. The van der Waals surface area contributed by atoms with Crippen molar-refractivity contribution in [2.75, 3.05) is 13.1 Å². The topological polar surface area (TPSA) is 107 Å². The second-order valence-electron chi connectivity index (χ2n) is 4.50. The van der Waals surface area contributed by atoms with Gasteiger partial charge < -0.3 is 10.2 Å². The van der Waals surface area contributed by atoms with Gasteiger partial charge in [-0.25, -0.2) is 9.52 Å². The number of carboxylic acids is 1. The lowest BCUT2D eigenvalue weighted by molar-refractivity contribution is -0.146. The van der Waals surface area contributed by atoms with Crippen molar-refractivity contribution in [3.8, 4) is 0 Å². The van der Waals surface area contributed by atoms with E-state index in [0.717, 1.165) is 19.3 Å². The molecule has 0 saturated carbocycles. The minimum absolute atomic E-state index is 0.0411. The van der Waals surface area contributed by atoms with Gasteiger partial charge in [0.2, 0.25) is 0 Å². The quantitative estimate of drug-likeness (QED) is 0.610. The Morgan fingerprint density at radius 1 is 1.50 bits per heavy atom. The van der Waals surface area contributed by atoms with Crippen molar-refractivity contribution in [3.63, 3.8) is 0 Å². The predicted octanol–water partition coefficient (Wildman–Crippen LogP) is -0.469. The maximum Gasteiger partial charge on any atom is 0.332 e. The van der Waals surface area contributed by atoms with Gasteiger partial charge in [-0.15, -0.1) is 0 Å². The Morgan fingerprint density at radius 3 is 2.72 bits per heavy atom. The predicted molar refractivity (Wildman–Crippen MR) is 65.2 cm³/mol. The van der Waals surface area contributed by atoms with Crippen LogP contribution < -0.4 is 4.72 Å². The number of hydrogen-bond acceptors (Lipinski definition) is 4. The molecule has 18 heavy (non-hydrogen) atoms. The molecule has 0 aromatic heterocycles. The summed E-state index contributed by atoms with van der Waals surface area (Å²) in [5, 5.41) is 17.5. The zero-order valence-electron chi connectivity index (χ0n) is 10.4. The fourth-order valence-electron chi connectivity index (χ4n) is 1.96. The summed E-state index contributed by atoms with van der Waals surface area (Å²) in [6.45, 7) is 2.25. The van der Waals surface area contributed by atoms with E-state index in [0.29, 0.717) is 6.54 Å². The number of aliphatic hydroxyl groups excluding tert-OH is 1.